The average Bonchev–Trinajstić information content (AvgIpc) is 2.70. The summed E-state index contributed by atoms with van der Waals surface area (Å²) in [5, 5.41) is 14.6. The molecule has 3 aromatic rings. The molecule has 2 N–H and O–H groups in total. The molecule has 3 rings (SSSR count). The number of carbonyl (C=O) groups excluding carboxylic acids is 1. The first-order valence-corrected chi connectivity index (χ1v) is 8.27. The fourth-order valence-electron chi connectivity index (χ4n) is 2.36. The minimum absolute atomic E-state index is 0.221. The minimum atomic E-state index is -0.372. The number of nitriles is 1. The van der Waals surface area contributed by atoms with Gasteiger partial charge in [0.2, 0.25) is 5.95 Å². The second kappa shape index (κ2) is 8.54. The van der Waals surface area contributed by atoms with Crippen molar-refractivity contribution >= 4 is 17.5 Å². The van der Waals surface area contributed by atoms with Gasteiger partial charge in [0.05, 0.1) is 11.6 Å². The van der Waals surface area contributed by atoms with E-state index in [1.54, 1.807) is 36.4 Å². The van der Waals surface area contributed by atoms with E-state index in [0.29, 0.717) is 30.2 Å². The van der Waals surface area contributed by atoms with Crippen molar-refractivity contribution < 1.29 is 9.18 Å². The van der Waals surface area contributed by atoms with Crippen LogP contribution in [0.3, 0.4) is 0 Å². The smallest absolute Gasteiger partial charge is 0.274 e. The van der Waals surface area contributed by atoms with Crippen molar-refractivity contribution in [2.45, 2.75) is 6.42 Å². The third-order valence-corrected chi connectivity index (χ3v) is 3.77. The van der Waals surface area contributed by atoms with Crippen LogP contribution in [0.4, 0.5) is 16.0 Å². The summed E-state index contributed by atoms with van der Waals surface area (Å²) in [5.41, 5.74) is 2.29. The molecule has 0 fully saturated rings. The lowest BCUT2D eigenvalue weighted by Gasteiger charge is -2.08. The Morgan fingerprint density at radius 1 is 1.07 bits per heavy atom. The number of benzene rings is 2. The number of aromatic nitrogens is 2. The van der Waals surface area contributed by atoms with E-state index in [0.717, 1.165) is 5.56 Å². The number of nitrogens with one attached hydrogen (secondary N) is 2. The summed E-state index contributed by atoms with van der Waals surface area (Å²) in [6.45, 7) is 0.548. The van der Waals surface area contributed by atoms with E-state index in [4.69, 9.17) is 5.26 Å². The first kappa shape index (κ1) is 18.0. The molecule has 0 saturated carbocycles. The maximum Gasteiger partial charge on any atom is 0.274 e. The molecule has 0 saturated heterocycles. The number of amides is 1. The van der Waals surface area contributed by atoms with Gasteiger partial charge >= 0.3 is 0 Å². The molecule has 134 valence electrons. The fraction of sp³-hybridized carbons (Fsp3) is 0.100. The topological polar surface area (TPSA) is 90.7 Å². The molecule has 0 aliphatic carbocycles. The Morgan fingerprint density at radius 3 is 2.52 bits per heavy atom. The maximum atomic E-state index is 12.9. The van der Waals surface area contributed by atoms with Crippen molar-refractivity contribution in [3.63, 3.8) is 0 Å². The van der Waals surface area contributed by atoms with Gasteiger partial charge in [0.1, 0.15) is 11.5 Å². The number of hydrogen-bond donors (Lipinski definition) is 2. The SMILES string of the molecule is N#Cc1ccc(NC(=O)c2ccnc(NCCc3ccc(F)cc3)n2)cc1. The summed E-state index contributed by atoms with van der Waals surface area (Å²) in [7, 11) is 0. The summed E-state index contributed by atoms with van der Waals surface area (Å²) >= 11 is 0. The minimum Gasteiger partial charge on any atom is -0.354 e. The number of carbonyl (C=O) groups is 1. The zero-order chi connectivity index (χ0) is 19.1. The van der Waals surface area contributed by atoms with Crippen LogP contribution in [0.25, 0.3) is 0 Å². The zero-order valence-electron chi connectivity index (χ0n) is 14.3. The van der Waals surface area contributed by atoms with Crippen LogP contribution in [-0.2, 0) is 6.42 Å². The molecular weight excluding hydrogens is 345 g/mol. The van der Waals surface area contributed by atoms with Crippen molar-refractivity contribution in [1.82, 2.24) is 9.97 Å². The first-order chi connectivity index (χ1) is 13.1. The van der Waals surface area contributed by atoms with Crippen LogP contribution in [0.2, 0.25) is 0 Å². The Hall–Kier alpha value is -3.79. The lowest BCUT2D eigenvalue weighted by atomic mass is 10.1. The largest absolute Gasteiger partial charge is 0.354 e. The fourth-order valence-corrected chi connectivity index (χ4v) is 2.36. The lowest BCUT2D eigenvalue weighted by Crippen LogP contribution is -2.16. The number of rotatable bonds is 6. The highest BCUT2D eigenvalue weighted by molar-refractivity contribution is 6.02. The van der Waals surface area contributed by atoms with Gasteiger partial charge in [-0.15, -0.1) is 0 Å². The zero-order valence-corrected chi connectivity index (χ0v) is 14.3. The second-order valence-electron chi connectivity index (χ2n) is 5.71. The molecule has 0 bridgehead atoms. The summed E-state index contributed by atoms with van der Waals surface area (Å²) in [6.07, 6.45) is 2.17. The van der Waals surface area contributed by atoms with E-state index in [1.807, 2.05) is 6.07 Å². The molecule has 0 unspecified atom stereocenters. The van der Waals surface area contributed by atoms with Gasteiger partial charge in [0.15, 0.2) is 0 Å². The summed E-state index contributed by atoms with van der Waals surface area (Å²) in [5.74, 6) is -0.302. The highest BCUT2D eigenvalue weighted by Gasteiger charge is 2.09. The van der Waals surface area contributed by atoms with Gasteiger partial charge in [-0.25, -0.2) is 14.4 Å². The maximum absolute atomic E-state index is 12.9. The second-order valence-corrected chi connectivity index (χ2v) is 5.71. The van der Waals surface area contributed by atoms with Gasteiger partial charge in [0.25, 0.3) is 5.91 Å². The number of halogens is 1. The van der Waals surface area contributed by atoms with Crippen LogP contribution in [0.5, 0.6) is 0 Å². The van der Waals surface area contributed by atoms with Gasteiger partial charge in [-0.3, -0.25) is 4.79 Å². The molecule has 2 aromatic carbocycles. The molecule has 1 heterocycles. The van der Waals surface area contributed by atoms with Crippen molar-refractivity contribution in [3.8, 4) is 6.07 Å². The Morgan fingerprint density at radius 2 is 1.81 bits per heavy atom. The van der Waals surface area contributed by atoms with E-state index in [-0.39, 0.29) is 17.4 Å². The number of anilines is 2. The summed E-state index contributed by atoms with van der Waals surface area (Å²) < 4.78 is 12.9. The van der Waals surface area contributed by atoms with E-state index in [9.17, 15) is 9.18 Å². The molecule has 27 heavy (non-hydrogen) atoms. The predicted molar refractivity (Wildman–Crippen MR) is 99.7 cm³/mol. The van der Waals surface area contributed by atoms with Gasteiger partial charge in [-0.1, -0.05) is 12.1 Å². The quantitative estimate of drug-likeness (QED) is 0.702. The molecule has 0 atom stereocenters. The predicted octanol–water partition coefficient (Wildman–Crippen LogP) is 3.39. The molecule has 0 spiro atoms. The van der Waals surface area contributed by atoms with Gasteiger partial charge < -0.3 is 10.6 Å². The molecule has 0 radical (unpaired) electrons. The Balaban J connectivity index is 1.58. The van der Waals surface area contributed by atoms with Crippen LogP contribution in [0.15, 0.2) is 60.8 Å². The van der Waals surface area contributed by atoms with Crippen LogP contribution >= 0.6 is 0 Å². The highest BCUT2D eigenvalue weighted by atomic mass is 19.1. The lowest BCUT2D eigenvalue weighted by molar-refractivity contribution is 0.102. The highest BCUT2D eigenvalue weighted by Crippen LogP contribution is 2.11. The van der Waals surface area contributed by atoms with Crippen LogP contribution in [-0.4, -0.2) is 22.4 Å². The standard InChI is InChI=1S/C20H16FN5O/c21-16-5-1-14(2-6-16)9-11-23-20-24-12-10-18(26-20)19(27)25-17-7-3-15(13-22)4-8-17/h1-8,10,12H,9,11H2,(H,25,27)(H,23,24,26). The van der Waals surface area contributed by atoms with E-state index < -0.39 is 0 Å². The van der Waals surface area contributed by atoms with E-state index >= 15 is 0 Å². The Kier molecular flexibility index (Phi) is 5.70. The Bertz CT molecular complexity index is 965. The molecule has 7 heteroatoms. The van der Waals surface area contributed by atoms with Crippen molar-refractivity contribution in [2.75, 3.05) is 17.2 Å². The Labute approximate surface area is 155 Å². The van der Waals surface area contributed by atoms with Gasteiger partial charge in [-0.2, -0.15) is 5.26 Å². The van der Waals surface area contributed by atoms with Crippen molar-refractivity contribution in [1.29, 1.82) is 5.26 Å². The molecular formula is C20H16FN5O. The number of hydrogen-bond acceptors (Lipinski definition) is 5. The molecule has 0 aliphatic rings. The molecule has 1 aromatic heterocycles. The normalized spacial score (nSPS) is 10.1. The van der Waals surface area contributed by atoms with Gasteiger partial charge in [0, 0.05) is 18.4 Å². The van der Waals surface area contributed by atoms with Crippen LogP contribution in [0, 0.1) is 17.1 Å². The number of nitrogens with zero attached hydrogens (tertiary/aromatic N) is 3. The average molecular weight is 361 g/mol. The van der Waals surface area contributed by atoms with E-state index in [1.165, 1.54) is 24.4 Å². The van der Waals surface area contributed by atoms with Crippen LogP contribution in [0.1, 0.15) is 21.6 Å². The third kappa shape index (κ3) is 5.09. The van der Waals surface area contributed by atoms with Crippen molar-refractivity contribution in [2.24, 2.45) is 0 Å². The molecule has 0 aliphatic heterocycles. The van der Waals surface area contributed by atoms with Gasteiger partial charge in [-0.05, 0) is 54.4 Å². The summed E-state index contributed by atoms with van der Waals surface area (Å²) in [6, 6.07) is 16.4. The van der Waals surface area contributed by atoms with Crippen LogP contribution < -0.4 is 10.6 Å². The monoisotopic (exact) mass is 361 g/mol. The van der Waals surface area contributed by atoms with Crippen molar-refractivity contribution in [3.05, 3.63) is 83.4 Å². The first-order valence-electron chi connectivity index (χ1n) is 8.27. The molecule has 6 nitrogen and oxygen atoms in total. The van der Waals surface area contributed by atoms with E-state index in [2.05, 4.69) is 20.6 Å². The third-order valence-electron chi connectivity index (χ3n) is 3.77. The summed E-state index contributed by atoms with van der Waals surface area (Å²) in [4.78, 5) is 20.6. The molecule has 1 amide bonds.